The van der Waals surface area contributed by atoms with Crippen LogP contribution in [0.5, 0.6) is 0 Å². The molecule has 148 valence electrons. The predicted octanol–water partition coefficient (Wildman–Crippen LogP) is 2.91. The van der Waals surface area contributed by atoms with E-state index in [9.17, 15) is 4.79 Å². The summed E-state index contributed by atoms with van der Waals surface area (Å²) < 4.78 is 6.82. The Labute approximate surface area is 161 Å². The first kappa shape index (κ1) is 20.9. The van der Waals surface area contributed by atoms with E-state index in [0.717, 1.165) is 25.2 Å². The molecule has 0 fully saturated rings. The van der Waals surface area contributed by atoms with Gasteiger partial charge in [0.1, 0.15) is 0 Å². The monoisotopic (exact) mass is 373 g/mol. The summed E-state index contributed by atoms with van der Waals surface area (Å²) in [4.78, 5) is 17.0. The number of urea groups is 1. The summed E-state index contributed by atoms with van der Waals surface area (Å²) in [5, 5.41) is 7.21. The highest BCUT2D eigenvalue weighted by atomic mass is 16.5. The normalized spacial score (nSPS) is 11.0. The summed E-state index contributed by atoms with van der Waals surface area (Å²) in [6, 6.07) is 9.95. The van der Waals surface area contributed by atoms with Crippen LogP contribution in [0.4, 0.5) is 10.5 Å². The lowest BCUT2D eigenvalue weighted by atomic mass is 10.2. The molecule has 7 nitrogen and oxygen atoms in total. The second-order valence-corrected chi connectivity index (χ2v) is 6.35. The van der Waals surface area contributed by atoms with Gasteiger partial charge in [0, 0.05) is 32.9 Å². The fraction of sp³-hybridized carbons (Fsp3) is 0.500. The van der Waals surface area contributed by atoms with E-state index in [0.29, 0.717) is 31.9 Å². The highest BCUT2D eigenvalue weighted by molar-refractivity contribution is 5.89. The van der Waals surface area contributed by atoms with Crippen molar-refractivity contribution in [1.82, 2.24) is 19.6 Å². The van der Waals surface area contributed by atoms with Crippen LogP contribution < -0.4 is 5.32 Å². The zero-order valence-electron chi connectivity index (χ0n) is 16.6. The lowest BCUT2D eigenvalue weighted by Crippen LogP contribution is -2.40. The van der Waals surface area contributed by atoms with E-state index < -0.39 is 0 Å². The zero-order chi connectivity index (χ0) is 19.5. The maximum absolute atomic E-state index is 12.9. The predicted molar refractivity (Wildman–Crippen MR) is 108 cm³/mol. The first-order valence-electron chi connectivity index (χ1n) is 9.49. The van der Waals surface area contributed by atoms with Gasteiger partial charge in [0.05, 0.1) is 25.0 Å². The number of benzene rings is 1. The summed E-state index contributed by atoms with van der Waals surface area (Å²) in [6.07, 6.45) is 3.49. The van der Waals surface area contributed by atoms with Crippen molar-refractivity contribution in [3.63, 3.8) is 0 Å². The Morgan fingerprint density at radius 3 is 2.59 bits per heavy atom. The van der Waals surface area contributed by atoms with E-state index in [2.05, 4.69) is 29.2 Å². The van der Waals surface area contributed by atoms with Crippen molar-refractivity contribution in [3.05, 3.63) is 48.3 Å². The Hall–Kier alpha value is -2.38. The topological polar surface area (TPSA) is 62.6 Å². The number of likely N-dealkylation sites (N-methyl/N-ethyl adjacent to an activating group) is 1. The number of hydrogen-bond acceptors (Lipinski definition) is 4. The van der Waals surface area contributed by atoms with Gasteiger partial charge >= 0.3 is 6.03 Å². The van der Waals surface area contributed by atoms with Gasteiger partial charge in [0.2, 0.25) is 0 Å². The van der Waals surface area contributed by atoms with E-state index in [1.54, 1.807) is 18.0 Å². The minimum atomic E-state index is -0.114. The quantitative estimate of drug-likeness (QED) is 0.658. The van der Waals surface area contributed by atoms with E-state index >= 15 is 0 Å². The summed E-state index contributed by atoms with van der Waals surface area (Å²) in [5.41, 5.74) is 1.81. The Bertz CT molecular complexity index is 670. The Kier molecular flexibility index (Phi) is 8.80. The highest BCUT2D eigenvalue weighted by Crippen LogP contribution is 2.10. The van der Waals surface area contributed by atoms with Gasteiger partial charge in [-0.3, -0.25) is 4.68 Å². The number of anilines is 1. The molecule has 0 saturated heterocycles. The molecule has 0 saturated carbocycles. The lowest BCUT2D eigenvalue weighted by molar-refractivity contribution is 0.183. The number of methoxy groups -OCH3 is 1. The van der Waals surface area contributed by atoms with E-state index in [4.69, 9.17) is 4.74 Å². The Balaban J connectivity index is 2.01. The second-order valence-electron chi connectivity index (χ2n) is 6.35. The zero-order valence-corrected chi connectivity index (χ0v) is 16.6. The van der Waals surface area contributed by atoms with Gasteiger partial charge < -0.3 is 19.9 Å². The second kappa shape index (κ2) is 11.4. The summed E-state index contributed by atoms with van der Waals surface area (Å²) in [7, 11) is 1.66. The van der Waals surface area contributed by atoms with E-state index in [1.165, 1.54) is 0 Å². The number of carbonyl (C=O) groups excluding carboxylic acids is 1. The van der Waals surface area contributed by atoms with E-state index in [-0.39, 0.29) is 6.03 Å². The molecule has 0 radical (unpaired) electrons. The van der Waals surface area contributed by atoms with Crippen LogP contribution in [0.3, 0.4) is 0 Å². The fourth-order valence-electron chi connectivity index (χ4n) is 2.80. The Morgan fingerprint density at radius 2 is 1.93 bits per heavy atom. The third-order valence-electron chi connectivity index (χ3n) is 4.49. The summed E-state index contributed by atoms with van der Waals surface area (Å²) >= 11 is 0. The van der Waals surface area contributed by atoms with Crippen molar-refractivity contribution >= 4 is 11.7 Å². The van der Waals surface area contributed by atoms with Crippen molar-refractivity contribution in [3.8, 4) is 0 Å². The van der Waals surface area contributed by atoms with Crippen LogP contribution in [-0.4, -0.2) is 65.5 Å². The van der Waals surface area contributed by atoms with Gasteiger partial charge in [-0.05, 0) is 18.7 Å². The molecule has 0 bridgehead atoms. The molecule has 1 heterocycles. The number of ether oxygens (including phenoxy) is 1. The SMILES string of the molecule is CCN(CC)CCN(Cc1ccccc1)C(=O)Nc1cnn(CCOC)c1. The molecule has 2 amide bonds. The minimum absolute atomic E-state index is 0.114. The smallest absolute Gasteiger partial charge is 0.322 e. The molecule has 0 aliphatic rings. The number of carbonyl (C=O) groups is 1. The van der Waals surface area contributed by atoms with Gasteiger partial charge in [-0.1, -0.05) is 44.2 Å². The molecule has 2 aromatic rings. The molecular formula is C20H31N5O2. The van der Waals surface area contributed by atoms with Crippen LogP contribution in [0.1, 0.15) is 19.4 Å². The number of nitrogens with one attached hydrogen (secondary N) is 1. The first-order valence-corrected chi connectivity index (χ1v) is 9.49. The molecule has 0 spiro atoms. The van der Waals surface area contributed by atoms with Crippen LogP contribution in [0.15, 0.2) is 42.7 Å². The molecule has 2 rings (SSSR count). The largest absolute Gasteiger partial charge is 0.383 e. The van der Waals surface area contributed by atoms with Crippen molar-refractivity contribution in [1.29, 1.82) is 0 Å². The molecule has 0 aliphatic heterocycles. The molecule has 0 unspecified atom stereocenters. The van der Waals surface area contributed by atoms with Gasteiger partial charge in [-0.25, -0.2) is 4.79 Å². The van der Waals surface area contributed by atoms with Gasteiger partial charge in [-0.2, -0.15) is 5.10 Å². The molecule has 1 N–H and O–H groups in total. The van der Waals surface area contributed by atoms with Crippen LogP contribution in [0, 0.1) is 0 Å². The number of amides is 2. The molecule has 7 heteroatoms. The third-order valence-corrected chi connectivity index (χ3v) is 4.49. The standard InChI is InChI=1S/C20H31N5O2/c1-4-23(5-2)11-12-24(16-18-9-7-6-8-10-18)20(26)22-19-15-21-25(17-19)13-14-27-3/h6-10,15,17H,4-5,11-14,16H2,1-3H3,(H,22,26). The maximum Gasteiger partial charge on any atom is 0.322 e. The van der Waals surface area contributed by atoms with Crippen LogP contribution in [0.25, 0.3) is 0 Å². The van der Waals surface area contributed by atoms with Crippen molar-refractivity contribution in [2.75, 3.05) is 45.2 Å². The molecule has 1 aromatic carbocycles. The van der Waals surface area contributed by atoms with Gasteiger partial charge in [0.15, 0.2) is 0 Å². The molecule has 0 atom stereocenters. The number of nitrogens with zero attached hydrogens (tertiary/aromatic N) is 4. The third kappa shape index (κ3) is 7.03. The maximum atomic E-state index is 12.9. The molecule has 0 aliphatic carbocycles. The average Bonchev–Trinajstić information content (AvgIpc) is 3.14. The summed E-state index contributed by atoms with van der Waals surface area (Å²) in [5.74, 6) is 0. The van der Waals surface area contributed by atoms with E-state index in [1.807, 2.05) is 41.4 Å². The van der Waals surface area contributed by atoms with Crippen molar-refractivity contribution < 1.29 is 9.53 Å². The number of rotatable bonds is 11. The molecule has 27 heavy (non-hydrogen) atoms. The van der Waals surface area contributed by atoms with Crippen molar-refractivity contribution in [2.24, 2.45) is 0 Å². The molecular weight excluding hydrogens is 342 g/mol. The Morgan fingerprint density at radius 1 is 1.19 bits per heavy atom. The van der Waals surface area contributed by atoms with Crippen LogP contribution in [-0.2, 0) is 17.8 Å². The van der Waals surface area contributed by atoms with Crippen LogP contribution in [0.2, 0.25) is 0 Å². The van der Waals surface area contributed by atoms with Crippen LogP contribution >= 0.6 is 0 Å². The average molecular weight is 374 g/mol. The van der Waals surface area contributed by atoms with Gasteiger partial charge in [0.25, 0.3) is 0 Å². The van der Waals surface area contributed by atoms with Gasteiger partial charge in [-0.15, -0.1) is 0 Å². The minimum Gasteiger partial charge on any atom is -0.383 e. The summed E-state index contributed by atoms with van der Waals surface area (Å²) in [6.45, 7) is 9.56. The van der Waals surface area contributed by atoms with Crippen molar-refractivity contribution in [2.45, 2.75) is 26.9 Å². The highest BCUT2D eigenvalue weighted by Gasteiger charge is 2.16. The molecule has 1 aromatic heterocycles. The fourth-order valence-corrected chi connectivity index (χ4v) is 2.80. The number of aromatic nitrogens is 2. The first-order chi connectivity index (χ1) is 13.2. The lowest BCUT2D eigenvalue weighted by Gasteiger charge is -2.26. The number of hydrogen-bond donors (Lipinski definition) is 1.